The molecule has 0 spiro atoms. The maximum atomic E-state index is 12.9. The first-order valence-electron chi connectivity index (χ1n) is 11.9. The maximum absolute atomic E-state index is 12.9. The van der Waals surface area contributed by atoms with Crippen LogP contribution in [0.3, 0.4) is 0 Å². The van der Waals surface area contributed by atoms with Crippen molar-refractivity contribution in [2.45, 2.75) is 22.6 Å². The topological polar surface area (TPSA) is 109 Å². The average molecular weight is 539 g/mol. The number of aryl methyl sites for hydroxylation is 1. The van der Waals surface area contributed by atoms with Gasteiger partial charge in [-0.25, -0.2) is 26.8 Å². The molecule has 0 bridgehead atoms. The average Bonchev–Trinajstić information content (AvgIpc) is 2.88. The van der Waals surface area contributed by atoms with Crippen LogP contribution in [0.15, 0.2) is 88.9 Å². The molecule has 0 saturated carbocycles. The number of benzene rings is 3. The molecule has 4 rings (SSSR count). The Labute approximate surface area is 218 Å². The Morgan fingerprint density at radius 2 is 1.54 bits per heavy atom. The molecule has 0 unspecified atom stereocenters. The monoisotopic (exact) mass is 538 g/mol. The van der Waals surface area contributed by atoms with Crippen LogP contribution in [0, 0.1) is 0 Å². The van der Waals surface area contributed by atoms with Gasteiger partial charge in [-0.05, 0) is 80.5 Å². The molecule has 37 heavy (non-hydrogen) atoms. The zero-order chi connectivity index (χ0) is 26.5. The largest absolute Gasteiger partial charge is 0.340 e. The lowest BCUT2D eigenvalue weighted by Crippen LogP contribution is -2.26. The van der Waals surface area contributed by atoms with E-state index in [0.29, 0.717) is 18.1 Å². The number of hydrogen-bond acceptors (Lipinski definition) is 8. The predicted octanol–water partition coefficient (Wildman–Crippen LogP) is 4.12. The van der Waals surface area contributed by atoms with Crippen molar-refractivity contribution in [1.82, 2.24) is 14.9 Å². The first kappa shape index (κ1) is 26.7. The van der Waals surface area contributed by atoms with Gasteiger partial charge in [0.1, 0.15) is 22.0 Å². The Balaban J connectivity index is 1.45. The molecule has 8 nitrogen and oxygen atoms in total. The van der Waals surface area contributed by atoms with Crippen LogP contribution in [0.1, 0.15) is 12.0 Å². The summed E-state index contributed by atoms with van der Waals surface area (Å²) >= 11 is 0. The number of hydrogen-bond donors (Lipinski definition) is 1. The van der Waals surface area contributed by atoms with Gasteiger partial charge in [0.2, 0.25) is 9.84 Å². The third kappa shape index (κ3) is 7.12. The summed E-state index contributed by atoms with van der Waals surface area (Å²) in [5.41, 5.74) is 2.64. The first-order chi connectivity index (χ1) is 17.6. The molecule has 0 aliphatic heterocycles. The van der Waals surface area contributed by atoms with Gasteiger partial charge < -0.3 is 10.2 Å². The number of nitrogens with one attached hydrogen (secondary N) is 1. The van der Waals surface area contributed by atoms with E-state index < -0.39 is 19.7 Å². The van der Waals surface area contributed by atoms with Crippen LogP contribution in [-0.2, 0) is 26.1 Å². The van der Waals surface area contributed by atoms with Crippen LogP contribution in [0.5, 0.6) is 0 Å². The minimum absolute atomic E-state index is 0.158. The van der Waals surface area contributed by atoms with Crippen molar-refractivity contribution < 1.29 is 16.8 Å². The predicted molar refractivity (Wildman–Crippen MR) is 147 cm³/mol. The highest BCUT2D eigenvalue weighted by Gasteiger charge is 2.17. The first-order valence-corrected chi connectivity index (χ1v) is 15.4. The molecule has 0 aliphatic rings. The summed E-state index contributed by atoms with van der Waals surface area (Å²) < 4.78 is 48.4. The minimum atomic E-state index is -3.58. The van der Waals surface area contributed by atoms with Gasteiger partial charge >= 0.3 is 0 Å². The number of nitrogens with zero attached hydrogens (tertiary/aromatic N) is 3. The van der Waals surface area contributed by atoms with E-state index in [4.69, 9.17) is 0 Å². The summed E-state index contributed by atoms with van der Waals surface area (Å²) in [7, 11) is -4.62. The fourth-order valence-electron chi connectivity index (χ4n) is 3.94. The standard InChI is InChI=1S/C27H30N4O4S2/c1-31(17-18-36(2,32)33)16-6-7-21-10-15-26-25(19-21)27(29-20-28-26)30-22-11-13-24(14-12-22)37(34,35)23-8-4-3-5-9-23/h3-5,8-15,19-20H,6-7,16-18H2,1-2H3,(H,28,29,30). The summed E-state index contributed by atoms with van der Waals surface area (Å²) in [6, 6.07) is 21.0. The molecule has 0 saturated heterocycles. The van der Waals surface area contributed by atoms with E-state index >= 15 is 0 Å². The van der Waals surface area contributed by atoms with Crippen molar-refractivity contribution in [3.8, 4) is 0 Å². The van der Waals surface area contributed by atoms with Crippen LogP contribution >= 0.6 is 0 Å². The highest BCUT2D eigenvalue weighted by atomic mass is 32.2. The van der Waals surface area contributed by atoms with Gasteiger partial charge in [0.15, 0.2) is 0 Å². The number of sulfone groups is 2. The second kappa shape index (κ2) is 11.4. The second-order valence-electron chi connectivity index (χ2n) is 9.08. The molecule has 0 radical (unpaired) electrons. The van der Waals surface area contributed by atoms with E-state index in [1.807, 2.05) is 24.1 Å². The molecular weight excluding hydrogens is 508 g/mol. The maximum Gasteiger partial charge on any atom is 0.206 e. The van der Waals surface area contributed by atoms with Gasteiger partial charge in [-0.2, -0.15) is 0 Å². The van der Waals surface area contributed by atoms with Gasteiger partial charge in [0, 0.05) is 23.9 Å². The van der Waals surface area contributed by atoms with E-state index in [9.17, 15) is 16.8 Å². The van der Waals surface area contributed by atoms with Crippen LogP contribution in [0.4, 0.5) is 11.5 Å². The molecule has 0 atom stereocenters. The Hall–Kier alpha value is -3.34. The zero-order valence-corrected chi connectivity index (χ0v) is 22.5. The molecule has 1 heterocycles. The quantitative estimate of drug-likeness (QED) is 0.304. The van der Waals surface area contributed by atoms with Gasteiger partial charge in [0.25, 0.3) is 0 Å². The van der Waals surface area contributed by atoms with E-state index in [0.717, 1.165) is 35.9 Å². The summed E-state index contributed by atoms with van der Waals surface area (Å²) in [6.07, 6.45) is 4.47. The lowest BCUT2D eigenvalue weighted by molar-refractivity contribution is 0.348. The van der Waals surface area contributed by atoms with Crippen molar-refractivity contribution in [2.24, 2.45) is 0 Å². The van der Waals surface area contributed by atoms with Crippen molar-refractivity contribution in [2.75, 3.05) is 37.5 Å². The van der Waals surface area contributed by atoms with Crippen molar-refractivity contribution >= 4 is 42.1 Å². The highest BCUT2D eigenvalue weighted by Crippen LogP contribution is 2.27. The summed E-state index contributed by atoms with van der Waals surface area (Å²) in [5.74, 6) is 0.793. The van der Waals surface area contributed by atoms with Crippen LogP contribution in [-0.4, -0.2) is 63.8 Å². The molecule has 0 amide bonds. The van der Waals surface area contributed by atoms with E-state index in [-0.39, 0.29) is 15.5 Å². The number of fused-ring (bicyclic) bond motifs is 1. The molecule has 10 heteroatoms. The zero-order valence-electron chi connectivity index (χ0n) is 20.8. The number of rotatable bonds is 11. The van der Waals surface area contributed by atoms with Crippen molar-refractivity contribution in [3.05, 3.63) is 84.7 Å². The molecule has 1 N–H and O–H groups in total. The van der Waals surface area contributed by atoms with Crippen LogP contribution in [0.2, 0.25) is 0 Å². The van der Waals surface area contributed by atoms with Crippen molar-refractivity contribution in [1.29, 1.82) is 0 Å². The molecule has 3 aromatic carbocycles. The summed E-state index contributed by atoms with van der Waals surface area (Å²) in [4.78, 5) is 11.3. The minimum Gasteiger partial charge on any atom is -0.340 e. The Morgan fingerprint density at radius 3 is 2.24 bits per heavy atom. The van der Waals surface area contributed by atoms with Crippen LogP contribution < -0.4 is 5.32 Å². The Bertz CT molecular complexity index is 1570. The SMILES string of the molecule is CN(CCCc1ccc2ncnc(Nc3ccc(S(=O)(=O)c4ccccc4)cc3)c2c1)CCS(C)(=O)=O. The van der Waals surface area contributed by atoms with Gasteiger partial charge in [0.05, 0.1) is 21.1 Å². The molecule has 1 aromatic heterocycles. The molecule has 0 aliphatic carbocycles. The molecule has 194 valence electrons. The van der Waals surface area contributed by atoms with Gasteiger partial charge in [-0.15, -0.1) is 0 Å². The Kier molecular flexibility index (Phi) is 8.21. The fraction of sp³-hybridized carbons (Fsp3) is 0.259. The summed E-state index contributed by atoms with van der Waals surface area (Å²) in [5, 5.41) is 4.15. The van der Waals surface area contributed by atoms with E-state index in [1.54, 1.807) is 54.6 Å². The third-order valence-corrected chi connectivity index (χ3v) is 8.74. The fourth-order valence-corrected chi connectivity index (χ4v) is 5.86. The Morgan fingerprint density at radius 1 is 0.838 bits per heavy atom. The molecule has 0 fully saturated rings. The normalized spacial score (nSPS) is 12.2. The van der Waals surface area contributed by atoms with Crippen molar-refractivity contribution in [3.63, 3.8) is 0 Å². The highest BCUT2D eigenvalue weighted by molar-refractivity contribution is 7.91. The van der Waals surface area contributed by atoms with E-state index in [2.05, 4.69) is 21.4 Å². The lowest BCUT2D eigenvalue weighted by Gasteiger charge is -2.16. The van der Waals surface area contributed by atoms with Crippen LogP contribution in [0.25, 0.3) is 10.9 Å². The second-order valence-corrected chi connectivity index (χ2v) is 13.3. The third-order valence-electron chi connectivity index (χ3n) is 6.03. The number of aromatic nitrogens is 2. The lowest BCUT2D eigenvalue weighted by atomic mass is 10.1. The molecule has 4 aromatic rings. The van der Waals surface area contributed by atoms with Gasteiger partial charge in [-0.1, -0.05) is 24.3 Å². The summed E-state index contributed by atoms with van der Waals surface area (Å²) in [6.45, 7) is 1.31. The molecular formula is C27H30N4O4S2. The van der Waals surface area contributed by atoms with Gasteiger partial charge in [-0.3, -0.25) is 0 Å². The number of anilines is 2. The smallest absolute Gasteiger partial charge is 0.206 e. The van der Waals surface area contributed by atoms with E-state index in [1.165, 1.54) is 12.6 Å².